The van der Waals surface area contributed by atoms with Crippen LogP contribution >= 0.6 is 0 Å². The summed E-state index contributed by atoms with van der Waals surface area (Å²) in [5.74, 6) is 0. The van der Waals surface area contributed by atoms with Gasteiger partial charge in [0.1, 0.15) is 0 Å². The van der Waals surface area contributed by atoms with Gasteiger partial charge in [0, 0.05) is 23.1 Å². The summed E-state index contributed by atoms with van der Waals surface area (Å²) in [4.78, 5) is 3.29. The second-order valence-electron chi connectivity index (χ2n) is 5.54. The smallest absolute Gasteiger partial charge is 0.0456 e. The highest BCUT2D eigenvalue weighted by molar-refractivity contribution is 5.83. The van der Waals surface area contributed by atoms with E-state index in [0.717, 1.165) is 6.42 Å². The van der Waals surface area contributed by atoms with E-state index in [4.69, 9.17) is 5.73 Å². The average Bonchev–Trinajstić information content (AvgIpc) is 2.61. The van der Waals surface area contributed by atoms with Crippen molar-refractivity contribution in [3.63, 3.8) is 0 Å². The molecule has 0 bridgehead atoms. The minimum Gasteiger partial charge on any atom is -0.361 e. The average molecular weight is 216 g/mol. The van der Waals surface area contributed by atoms with E-state index in [-0.39, 0.29) is 11.5 Å². The van der Waals surface area contributed by atoms with E-state index >= 15 is 0 Å². The second-order valence-corrected chi connectivity index (χ2v) is 5.54. The molecule has 0 aliphatic rings. The highest BCUT2D eigenvalue weighted by Gasteiger charge is 2.21. The first-order valence-corrected chi connectivity index (χ1v) is 5.79. The van der Waals surface area contributed by atoms with Crippen LogP contribution in [0.5, 0.6) is 0 Å². The third-order valence-electron chi connectivity index (χ3n) is 3.23. The Morgan fingerprint density at radius 1 is 1.25 bits per heavy atom. The quantitative estimate of drug-likeness (QED) is 0.796. The summed E-state index contributed by atoms with van der Waals surface area (Å²) in [6, 6.07) is 8.55. The molecule has 0 saturated heterocycles. The SMILES string of the molecule is CC(C)(C)C(N)Cc1c[nH]c2ccccc12. The van der Waals surface area contributed by atoms with Crippen LogP contribution in [0.2, 0.25) is 0 Å². The molecule has 0 amide bonds. The van der Waals surface area contributed by atoms with Crippen LogP contribution in [0.15, 0.2) is 30.5 Å². The van der Waals surface area contributed by atoms with Gasteiger partial charge < -0.3 is 10.7 Å². The number of fused-ring (bicyclic) bond motifs is 1. The lowest BCUT2D eigenvalue weighted by Gasteiger charge is -2.26. The van der Waals surface area contributed by atoms with Gasteiger partial charge in [0.15, 0.2) is 0 Å². The second kappa shape index (κ2) is 3.95. The standard InChI is InChI=1S/C14H20N2/c1-14(2,3)13(15)8-10-9-16-12-7-5-4-6-11(10)12/h4-7,9,13,16H,8,15H2,1-3H3. The minimum atomic E-state index is 0.151. The van der Waals surface area contributed by atoms with Crippen LogP contribution in [0.1, 0.15) is 26.3 Å². The summed E-state index contributed by atoms with van der Waals surface area (Å²) >= 11 is 0. The van der Waals surface area contributed by atoms with Crippen molar-refractivity contribution < 1.29 is 0 Å². The van der Waals surface area contributed by atoms with E-state index in [9.17, 15) is 0 Å². The van der Waals surface area contributed by atoms with Gasteiger partial charge in [-0.3, -0.25) is 0 Å². The van der Waals surface area contributed by atoms with Crippen molar-refractivity contribution in [3.8, 4) is 0 Å². The van der Waals surface area contributed by atoms with Crippen LogP contribution < -0.4 is 5.73 Å². The number of aromatic nitrogens is 1. The first kappa shape index (κ1) is 11.2. The van der Waals surface area contributed by atoms with Crippen LogP contribution in [0, 0.1) is 5.41 Å². The number of H-pyrrole nitrogens is 1. The Morgan fingerprint density at radius 2 is 1.94 bits per heavy atom. The largest absolute Gasteiger partial charge is 0.361 e. The Kier molecular flexibility index (Phi) is 2.76. The van der Waals surface area contributed by atoms with Crippen molar-refractivity contribution in [1.29, 1.82) is 0 Å². The Hall–Kier alpha value is -1.28. The van der Waals surface area contributed by atoms with Crippen LogP contribution in [-0.4, -0.2) is 11.0 Å². The van der Waals surface area contributed by atoms with Gasteiger partial charge in [-0.2, -0.15) is 0 Å². The third-order valence-corrected chi connectivity index (χ3v) is 3.23. The zero-order valence-electron chi connectivity index (χ0n) is 10.2. The number of para-hydroxylation sites is 1. The first-order chi connectivity index (χ1) is 7.48. The Labute approximate surface area is 96.9 Å². The molecule has 1 unspecified atom stereocenters. The molecular weight excluding hydrogens is 196 g/mol. The molecule has 0 aliphatic heterocycles. The van der Waals surface area contributed by atoms with Gasteiger partial charge in [-0.25, -0.2) is 0 Å². The van der Waals surface area contributed by atoms with Gasteiger partial charge in [-0.05, 0) is 23.5 Å². The fraction of sp³-hybridized carbons (Fsp3) is 0.429. The molecule has 1 heterocycles. The molecule has 2 nitrogen and oxygen atoms in total. The van der Waals surface area contributed by atoms with Crippen LogP contribution in [0.25, 0.3) is 10.9 Å². The van der Waals surface area contributed by atoms with Gasteiger partial charge in [0.05, 0.1) is 0 Å². The van der Waals surface area contributed by atoms with E-state index in [1.165, 1.54) is 16.5 Å². The van der Waals surface area contributed by atoms with Gasteiger partial charge in [0.2, 0.25) is 0 Å². The van der Waals surface area contributed by atoms with Crippen molar-refractivity contribution >= 4 is 10.9 Å². The van der Waals surface area contributed by atoms with E-state index < -0.39 is 0 Å². The van der Waals surface area contributed by atoms with Crippen molar-refractivity contribution in [2.75, 3.05) is 0 Å². The summed E-state index contributed by atoms with van der Waals surface area (Å²) in [5.41, 5.74) is 8.88. The predicted octanol–water partition coefficient (Wildman–Crippen LogP) is 3.08. The molecule has 1 aromatic heterocycles. The summed E-state index contributed by atoms with van der Waals surface area (Å²) in [6.45, 7) is 6.56. The third kappa shape index (κ3) is 2.12. The predicted molar refractivity (Wildman–Crippen MR) is 69.4 cm³/mol. The molecule has 1 aromatic carbocycles. The highest BCUT2D eigenvalue weighted by atomic mass is 14.7. The molecule has 0 aliphatic carbocycles. The number of nitrogens with one attached hydrogen (secondary N) is 1. The molecule has 2 heteroatoms. The molecule has 2 rings (SSSR count). The molecule has 16 heavy (non-hydrogen) atoms. The Balaban J connectivity index is 2.28. The maximum atomic E-state index is 6.22. The number of hydrogen-bond donors (Lipinski definition) is 2. The zero-order chi connectivity index (χ0) is 11.8. The fourth-order valence-corrected chi connectivity index (χ4v) is 1.84. The minimum absolute atomic E-state index is 0.151. The first-order valence-electron chi connectivity index (χ1n) is 5.79. The van der Waals surface area contributed by atoms with Gasteiger partial charge in [-0.1, -0.05) is 39.0 Å². The monoisotopic (exact) mass is 216 g/mol. The van der Waals surface area contributed by atoms with Crippen molar-refractivity contribution in [1.82, 2.24) is 4.98 Å². The summed E-state index contributed by atoms with van der Waals surface area (Å²) in [6.07, 6.45) is 3.00. The zero-order valence-corrected chi connectivity index (χ0v) is 10.2. The number of benzene rings is 1. The number of aromatic amines is 1. The van der Waals surface area contributed by atoms with E-state index in [1.807, 2.05) is 6.07 Å². The number of rotatable bonds is 2. The van der Waals surface area contributed by atoms with E-state index in [1.54, 1.807) is 0 Å². The normalized spacial score (nSPS) is 14.2. The van der Waals surface area contributed by atoms with Crippen LogP contribution in [0.3, 0.4) is 0 Å². The molecule has 86 valence electrons. The topological polar surface area (TPSA) is 41.8 Å². The van der Waals surface area contributed by atoms with Gasteiger partial charge >= 0.3 is 0 Å². The summed E-state index contributed by atoms with van der Waals surface area (Å²) < 4.78 is 0. The lowest BCUT2D eigenvalue weighted by Crippen LogP contribution is -2.36. The lowest BCUT2D eigenvalue weighted by atomic mass is 9.84. The molecule has 3 N–H and O–H groups in total. The van der Waals surface area contributed by atoms with E-state index in [2.05, 4.69) is 50.2 Å². The molecule has 2 aromatic rings. The molecule has 0 spiro atoms. The van der Waals surface area contributed by atoms with Crippen molar-refractivity contribution in [3.05, 3.63) is 36.0 Å². The lowest BCUT2D eigenvalue weighted by molar-refractivity contribution is 0.319. The number of hydrogen-bond acceptors (Lipinski definition) is 1. The van der Waals surface area contributed by atoms with Crippen LogP contribution in [0.4, 0.5) is 0 Å². The van der Waals surface area contributed by atoms with Crippen molar-refractivity contribution in [2.24, 2.45) is 11.1 Å². The Bertz CT molecular complexity index is 477. The molecule has 0 radical (unpaired) electrons. The molecule has 0 saturated carbocycles. The summed E-state index contributed by atoms with van der Waals surface area (Å²) in [5, 5.41) is 1.29. The Morgan fingerprint density at radius 3 is 2.62 bits per heavy atom. The van der Waals surface area contributed by atoms with Gasteiger partial charge in [-0.15, -0.1) is 0 Å². The van der Waals surface area contributed by atoms with Crippen molar-refractivity contribution in [2.45, 2.75) is 33.2 Å². The molecular formula is C14H20N2. The molecule has 1 atom stereocenters. The van der Waals surface area contributed by atoms with Gasteiger partial charge in [0.25, 0.3) is 0 Å². The maximum absolute atomic E-state index is 6.22. The molecule has 0 fully saturated rings. The number of nitrogens with two attached hydrogens (primary N) is 1. The summed E-state index contributed by atoms with van der Waals surface area (Å²) in [7, 11) is 0. The van der Waals surface area contributed by atoms with E-state index in [0.29, 0.717) is 0 Å². The van der Waals surface area contributed by atoms with Crippen LogP contribution in [-0.2, 0) is 6.42 Å². The maximum Gasteiger partial charge on any atom is 0.0456 e. The highest BCUT2D eigenvalue weighted by Crippen LogP contribution is 2.24. The fourth-order valence-electron chi connectivity index (χ4n) is 1.84.